The first-order chi connectivity index (χ1) is 11.6. The Labute approximate surface area is 154 Å². The van der Waals surface area contributed by atoms with Crippen molar-refractivity contribution >= 4 is 40.3 Å². The SMILES string of the molecule is Cc1nc(CSc2ccc(C(=O)N(C)Cc3cccs3)cc2)cs1. The van der Waals surface area contributed by atoms with Gasteiger partial charge in [-0.1, -0.05) is 6.07 Å². The number of rotatable bonds is 6. The second-order valence-corrected chi connectivity index (χ2v) is 8.55. The van der Waals surface area contributed by atoms with Gasteiger partial charge in [0.15, 0.2) is 0 Å². The van der Waals surface area contributed by atoms with Crippen LogP contribution in [0.15, 0.2) is 52.1 Å². The number of hydrogen-bond donors (Lipinski definition) is 0. The molecule has 0 aliphatic heterocycles. The van der Waals surface area contributed by atoms with E-state index >= 15 is 0 Å². The molecule has 0 saturated heterocycles. The molecule has 2 aromatic heterocycles. The van der Waals surface area contributed by atoms with Crippen molar-refractivity contribution in [3.05, 3.63) is 68.3 Å². The molecule has 0 saturated carbocycles. The van der Waals surface area contributed by atoms with Crippen LogP contribution >= 0.6 is 34.4 Å². The molecule has 3 rings (SSSR count). The lowest BCUT2D eigenvalue weighted by Crippen LogP contribution is -2.25. The summed E-state index contributed by atoms with van der Waals surface area (Å²) in [7, 11) is 1.84. The average molecular weight is 375 g/mol. The summed E-state index contributed by atoms with van der Waals surface area (Å²) >= 11 is 5.09. The lowest BCUT2D eigenvalue weighted by atomic mass is 10.2. The first-order valence-electron chi connectivity index (χ1n) is 7.53. The highest BCUT2D eigenvalue weighted by molar-refractivity contribution is 7.98. The summed E-state index contributed by atoms with van der Waals surface area (Å²) in [5, 5.41) is 5.23. The highest BCUT2D eigenvalue weighted by atomic mass is 32.2. The van der Waals surface area contributed by atoms with E-state index in [1.807, 2.05) is 55.7 Å². The number of hydrogen-bond acceptors (Lipinski definition) is 5. The topological polar surface area (TPSA) is 33.2 Å². The van der Waals surface area contributed by atoms with Crippen LogP contribution in [0.2, 0.25) is 0 Å². The normalized spacial score (nSPS) is 10.8. The summed E-state index contributed by atoms with van der Waals surface area (Å²) in [4.78, 5) is 21.0. The monoisotopic (exact) mass is 374 g/mol. The van der Waals surface area contributed by atoms with Crippen LogP contribution in [-0.4, -0.2) is 22.8 Å². The van der Waals surface area contributed by atoms with Gasteiger partial charge in [0.25, 0.3) is 5.91 Å². The molecule has 0 bridgehead atoms. The summed E-state index contributed by atoms with van der Waals surface area (Å²) in [5.41, 5.74) is 1.83. The minimum Gasteiger partial charge on any atom is -0.337 e. The van der Waals surface area contributed by atoms with Crippen LogP contribution in [0, 0.1) is 6.92 Å². The van der Waals surface area contributed by atoms with Gasteiger partial charge in [0.05, 0.1) is 17.2 Å². The molecule has 0 spiro atoms. The van der Waals surface area contributed by atoms with E-state index in [0.717, 1.165) is 26.9 Å². The van der Waals surface area contributed by atoms with Gasteiger partial charge in [-0.05, 0) is 42.6 Å². The molecule has 0 atom stereocenters. The zero-order valence-electron chi connectivity index (χ0n) is 13.6. The molecule has 1 amide bonds. The molecule has 0 radical (unpaired) electrons. The number of amides is 1. The van der Waals surface area contributed by atoms with E-state index in [-0.39, 0.29) is 5.91 Å². The van der Waals surface area contributed by atoms with Crippen LogP contribution in [0.4, 0.5) is 0 Å². The van der Waals surface area contributed by atoms with Crippen molar-refractivity contribution in [1.82, 2.24) is 9.88 Å². The Morgan fingerprint density at radius 1 is 1.21 bits per heavy atom. The van der Waals surface area contributed by atoms with Gasteiger partial charge in [-0.2, -0.15) is 0 Å². The molecule has 0 N–H and O–H groups in total. The summed E-state index contributed by atoms with van der Waals surface area (Å²) in [5.74, 6) is 0.908. The van der Waals surface area contributed by atoms with E-state index in [1.54, 1.807) is 39.3 Å². The Balaban J connectivity index is 1.58. The van der Waals surface area contributed by atoms with Crippen LogP contribution < -0.4 is 0 Å². The Morgan fingerprint density at radius 2 is 2.00 bits per heavy atom. The predicted molar refractivity (Wildman–Crippen MR) is 103 cm³/mol. The highest BCUT2D eigenvalue weighted by Gasteiger charge is 2.12. The third kappa shape index (κ3) is 4.47. The summed E-state index contributed by atoms with van der Waals surface area (Å²) in [6, 6.07) is 11.9. The molecule has 0 unspecified atom stereocenters. The smallest absolute Gasteiger partial charge is 0.253 e. The van der Waals surface area contributed by atoms with Crippen LogP contribution in [0.1, 0.15) is 25.9 Å². The number of benzene rings is 1. The molecule has 0 fully saturated rings. The number of carbonyl (C=O) groups is 1. The Hall–Kier alpha value is -1.63. The van der Waals surface area contributed by atoms with Gasteiger partial charge in [-0.25, -0.2) is 4.98 Å². The first-order valence-corrected chi connectivity index (χ1v) is 10.3. The molecule has 0 aliphatic rings. The fourth-order valence-electron chi connectivity index (χ4n) is 2.25. The highest BCUT2D eigenvalue weighted by Crippen LogP contribution is 2.24. The maximum absolute atomic E-state index is 12.5. The zero-order valence-corrected chi connectivity index (χ0v) is 16.0. The molecule has 3 nitrogen and oxygen atoms in total. The molecule has 3 aromatic rings. The molecule has 6 heteroatoms. The predicted octanol–water partition coefficient (Wildman–Crippen LogP) is 5.08. The standard InChI is InChI=1S/C18H18N2OS3/c1-13-19-15(11-23-13)12-24-16-7-5-14(6-8-16)18(21)20(2)10-17-4-3-9-22-17/h3-9,11H,10,12H2,1-2H3. The fourth-order valence-corrected chi connectivity index (χ4v) is 4.52. The minimum atomic E-state index is 0.0510. The maximum Gasteiger partial charge on any atom is 0.253 e. The van der Waals surface area contributed by atoms with Gasteiger partial charge in [-0.3, -0.25) is 4.79 Å². The van der Waals surface area contributed by atoms with Crippen LogP contribution in [0.25, 0.3) is 0 Å². The summed E-state index contributed by atoms with van der Waals surface area (Å²) < 4.78 is 0. The second-order valence-electron chi connectivity index (χ2n) is 5.41. The van der Waals surface area contributed by atoms with Gasteiger partial charge >= 0.3 is 0 Å². The quantitative estimate of drug-likeness (QED) is 0.564. The number of thioether (sulfide) groups is 1. The Kier molecular flexibility index (Phi) is 5.71. The van der Waals surface area contributed by atoms with E-state index in [4.69, 9.17) is 0 Å². The fraction of sp³-hybridized carbons (Fsp3) is 0.222. The number of thiazole rings is 1. The van der Waals surface area contributed by atoms with Crippen molar-refractivity contribution in [3.8, 4) is 0 Å². The number of nitrogens with zero attached hydrogens (tertiary/aromatic N) is 2. The Bertz CT molecular complexity index is 794. The summed E-state index contributed by atoms with van der Waals surface area (Å²) in [6.45, 7) is 2.67. The largest absolute Gasteiger partial charge is 0.337 e. The molecular formula is C18H18N2OS3. The third-order valence-corrected chi connectivity index (χ3v) is 6.20. The molecule has 2 heterocycles. The molecule has 24 heavy (non-hydrogen) atoms. The number of thiophene rings is 1. The van der Waals surface area contributed by atoms with Crippen molar-refractivity contribution in [3.63, 3.8) is 0 Å². The van der Waals surface area contributed by atoms with Gasteiger partial charge in [0.2, 0.25) is 0 Å². The zero-order chi connectivity index (χ0) is 16.9. The maximum atomic E-state index is 12.5. The minimum absolute atomic E-state index is 0.0510. The van der Waals surface area contributed by atoms with Crippen LogP contribution in [0.5, 0.6) is 0 Å². The van der Waals surface area contributed by atoms with Gasteiger partial charge < -0.3 is 4.90 Å². The third-order valence-electron chi connectivity index (χ3n) is 3.47. The van der Waals surface area contributed by atoms with Gasteiger partial charge in [-0.15, -0.1) is 34.4 Å². The summed E-state index contributed by atoms with van der Waals surface area (Å²) in [6.07, 6.45) is 0. The number of aromatic nitrogens is 1. The van der Waals surface area contributed by atoms with Crippen molar-refractivity contribution < 1.29 is 4.79 Å². The van der Waals surface area contributed by atoms with Gasteiger partial charge in [0, 0.05) is 33.5 Å². The Morgan fingerprint density at radius 3 is 2.62 bits per heavy atom. The lowest BCUT2D eigenvalue weighted by molar-refractivity contribution is 0.0786. The van der Waals surface area contributed by atoms with Crippen LogP contribution in [0.3, 0.4) is 0 Å². The lowest BCUT2D eigenvalue weighted by Gasteiger charge is -2.16. The van der Waals surface area contributed by atoms with Gasteiger partial charge in [0.1, 0.15) is 0 Å². The van der Waals surface area contributed by atoms with E-state index in [9.17, 15) is 4.79 Å². The van der Waals surface area contributed by atoms with Crippen LogP contribution in [-0.2, 0) is 12.3 Å². The van der Waals surface area contributed by atoms with Crippen molar-refractivity contribution in [2.75, 3.05) is 7.05 Å². The number of aryl methyl sites for hydroxylation is 1. The second kappa shape index (κ2) is 7.96. The molecule has 1 aromatic carbocycles. The number of carbonyl (C=O) groups excluding carboxylic acids is 1. The van der Waals surface area contributed by atoms with Crippen molar-refractivity contribution in [1.29, 1.82) is 0 Å². The first kappa shape index (κ1) is 17.2. The molecule has 124 valence electrons. The molecule has 0 aliphatic carbocycles. The van der Waals surface area contributed by atoms with E-state index < -0.39 is 0 Å². The van der Waals surface area contributed by atoms with E-state index in [0.29, 0.717) is 6.54 Å². The van der Waals surface area contributed by atoms with E-state index in [2.05, 4.69) is 10.4 Å². The van der Waals surface area contributed by atoms with Crippen molar-refractivity contribution in [2.45, 2.75) is 24.1 Å². The molecular weight excluding hydrogens is 356 g/mol. The average Bonchev–Trinajstić information content (AvgIpc) is 3.24. The van der Waals surface area contributed by atoms with Crippen molar-refractivity contribution in [2.24, 2.45) is 0 Å². The van der Waals surface area contributed by atoms with E-state index in [1.165, 1.54) is 4.88 Å².